The summed E-state index contributed by atoms with van der Waals surface area (Å²) in [5, 5.41) is 12.1. The zero-order valence-corrected chi connectivity index (χ0v) is 12.4. The smallest absolute Gasteiger partial charge is 0.234 e. The molecule has 0 atom stereocenters. The molecule has 0 saturated heterocycles. The number of carbonyl (C=O) groups excluding carboxylic acids is 1. The minimum atomic E-state index is -0.746. The Balaban J connectivity index is 2.26. The van der Waals surface area contributed by atoms with Crippen LogP contribution in [0.3, 0.4) is 0 Å². The molecule has 0 fully saturated rings. The SMILES string of the molecule is COc1ccccc1C(C)(C)C(=O)Nc1ccc(O)cc1. The molecule has 0 heterocycles. The van der Waals surface area contributed by atoms with Gasteiger partial charge in [-0.1, -0.05) is 18.2 Å². The average Bonchev–Trinajstić information content (AvgIpc) is 2.49. The van der Waals surface area contributed by atoms with Gasteiger partial charge in [0.2, 0.25) is 5.91 Å². The van der Waals surface area contributed by atoms with Crippen molar-refractivity contribution >= 4 is 11.6 Å². The van der Waals surface area contributed by atoms with Gasteiger partial charge in [-0.25, -0.2) is 0 Å². The molecule has 1 amide bonds. The normalized spacial score (nSPS) is 11.0. The third-order valence-corrected chi connectivity index (χ3v) is 3.47. The largest absolute Gasteiger partial charge is 0.508 e. The minimum Gasteiger partial charge on any atom is -0.508 e. The summed E-state index contributed by atoms with van der Waals surface area (Å²) in [5.41, 5.74) is 0.717. The Morgan fingerprint density at radius 1 is 1.10 bits per heavy atom. The van der Waals surface area contributed by atoms with E-state index >= 15 is 0 Å². The van der Waals surface area contributed by atoms with Crippen LogP contribution in [-0.4, -0.2) is 18.1 Å². The van der Waals surface area contributed by atoms with E-state index in [1.165, 1.54) is 12.1 Å². The third kappa shape index (κ3) is 3.16. The van der Waals surface area contributed by atoms with E-state index in [9.17, 15) is 9.90 Å². The Hall–Kier alpha value is -2.49. The summed E-state index contributed by atoms with van der Waals surface area (Å²) in [7, 11) is 1.59. The highest BCUT2D eigenvalue weighted by molar-refractivity contribution is 5.99. The van der Waals surface area contributed by atoms with Crippen LogP contribution in [0.5, 0.6) is 11.5 Å². The predicted molar refractivity (Wildman–Crippen MR) is 82.8 cm³/mol. The van der Waals surface area contributed by atoms with Crippen LogP contribution in [0.4, 0.5) is 5.69 Å². The monoisotopic (exact) mass is 285 g/mol. The molecule has 4 nitrogen and oxygen atoms in total. The molecule has 2 rings (SSSR count). The lowest BCUT2D eigenvalue weighted by atomic mass is 9.83. The van der Waals surface area contributed by atoms with Crippen LogP contribution in [0.2, 0.25) is 0 Å². The average molecular weight is 285 g/mol. The van der Waals surface area contributed by atoms with E-state index in [0.29, 0.717) is 11.4 Å². The van der Waals surface area contributed by atoms with Gasteiger partial charge in [0.25, 0.3) is 0 Å². The maximum Gasteiger partial charge on any atom is 0.234 e. The number of phenolic OH excluding ortho intramolecular Hbond substituents is 1. The zero-order valence-electron chi connectivity index (χ0n) is 12.4. The lowest BCUT2D eigenvalue weighted by Gasteiger charge is -2.26. The summed E-state index contributed by atoms with van der Waals surface area (Å²) in [6.07, 6.45) is 0. The molecule has 2 N–H and O–H groups in total. The molecule has 21 heavy (non-hydrogen) atoms. The molecule has 0 unspecified atom stereocenters. The molecule has 0 aliphatic rings. The van der Waals surface area contributed by atoms with E-state index in [2.05, 4.69) is 5.32 Å². The van der Waals surface area contributed by atoms with Crippen molar-refractivity contribution in [3.63, 3.8) is 0 Å². The second kappa shape index (κ2) is 5.87. The first-order valence-electron chi connectivity index (χ1n) is 6.69. The minimum absolute atomic E-state index is 0.141. The van der Waals surface area contributed by atoms with Crippen LogP contribution >= 0.6 is 0 Å². The van der Waals surface area contributed by atoms with E-state index in [4.69, 9.17) is 4.74 Å². The van der Waals surface area contributed by atoms with Gasteiger partial charge in [-0.15, -0.1) is 0 Å². The van der Waals surface area contributed by atoms with Crippen LogP contribution < -0.4 is 10.1 Å². The van der Waals surface area contributed by atoms with Gasteiger partial charge < -0.3 is 15.2 Å². The Bertz CT molecular complexity index is 633. The Morgan fingerprint density at radius 2 is 1.71 bits per heavy atom. The van der Waals surface area contributed by atoms with Crippen molar-refractivity contribution in [2.75, 3.05) is 12.4 Å². The number of hydrogen-bond donors (Lipinski definition) is 2. The molecule has 0 bridgehead atoms. The van der Waals surface area contributed by atoms with Crippen LogP contribution in [-0.2, 0) is 10.2 Å². The summed E-state index contributed by atoms with van der Waals surface area (Å²) in [6, 6.07) is 13.9. The summed E-state index contributed by atoms with van der Waals surface area (Å²) < 4.78 is 5.33. The van der Waals surface area contributed by atoms with Crippen LogP contribution in [0.1, 0.15) is 19.4 Å². The van der Waals surface area contributed by atoms with Gasteiger partial charge in [0, 0.05) is 11.3 Å². The summed E-state index contributed by atoms with van der Waals surface area (Å²) in [4.78, 5) is 12.6. The maximum absolute atomic E-state index is 12.6. The van der Waals surface area contributed by atoms with Gasteiger partial charge in [0.1, 0.15) is 11.5 Å². The summed E-state index contributed by atoms with van der Waals surface area (Å²) in [5.74, 6) is 0.707. The number of hydrogen-bond acceptors (Lipinski definition) is 3. The Labute approximate surface area is 124 Å². The van der Waals surface area contributed by atoms with Gasteiger partial charge in [0.05, 0.1) is 12.5 Å². The Morgan fingerprint density at radius 3 is 2.33 bits per heavy atom. The van der Waals surface area contributed by atoms with Gasteiger partial charge in [-0.3, -0.25) is 4.79 Å². The standard InChI is InChI=1S/C17H19NO3/c1-17(2,14-6-4-5-7-15(14)21-3)16(20)18-12-8-10-13(19)11-9-12/h4-11,19H,1-3H3,(H,18,20). The van der Waals surface area contributed by atoms with Crippen molar-refractivity contribution in [3.8, 4) is 11.5 Å². The molecular formula is C17H19NO3. The van der Waals surface area contributed by atoms with Crippen molar-refractivity contribution in [2.45, 2.75) is 19.3 Å². The molecule has 0 spiro atoms. The maximum atomic E-state index is 12.6. The van der Waals surface area contributed by atoms with Crippen molar-refractivity contribution in [3.05, 3.63) is 54.1 Å². The number of amides is 1. The molecule has 0 aliphatic heterocycles. The fourth-order valence-corrected chi connectivity index (χ4v) is 2.12. The van der Waals surface area contributed by atoms with Crippen molar-refractivity contribution in [1.82, 2.24) is 0 Å². The second-order valence-electron chi connectivity index (χ2n) is 5.33. The number of anilines is 1. The predicted octanol–water partition coefficient (Wildman–Crippen LogP) is 3.32. The lowest BCUT2D eigenvalue weighted by Crippen LogP contribution is -2.35. The highest BCUT2D eigenvalue weighted by Crippen LogP contribution is 2.32. The summed E-state index contributed by atoms with van der Waals surface area (Å²) in [6.45, 7) is 3.70. The Kier molecular flexibility index (Phi) is 4.17. The zero-order chi connectivity index (χ0) is 15.5. The quantitative estimate of drug-likeness (QED) is 0.847. The lowest BCUT2D eigenvalue weighted by molar-refractivity contribution is -0.120. The molecule has 110 valence electrons. The van der Waals surface area contributed by atoms with Crippen molar-refractivity contribution in [2.24, 2.45) is 0 Å². The van der Waals surface area contributed by atoms with Crippen molar-refractivity contribution in [1.29, 1.82) is 0 Å². The number of methoxy groups -OCH3 is 1. The molecule has 0 aliphatic carbocycles. The van der Waals surface area contributed by atoms with Gasteiger partial charge >= 0.3 is 0 Å². The first-order valence-corrected chi connectivity index (χ1v) is 6.69. The number of ether oxygens (including phenoxy) is 1. The van der Waals surface area contributed by atoms with E-state index in [1.807, 2.05) is 38.1 Å². The molecule has 0 radical (unpaired) electrons. The molecule has 2 aromatic carbocycles. The number of rotatable bonds is 4. The summed E-state index contributed by atoms with van der Waals surface area (Å²) >= 11 is 0. The van der Waals surface area contributed by atoms with Crippen LogP contribution in [0, 0.1) is 0 Å². The fraction of sp³-hybridized carbons (Fsp3) is 0.235. The molecule has 0 aromatic heterocycles. The second-order valence-corrected chi connectivity index (χ2v) is 5.33. The van der Waals surface area contributed by atoms with Gasteiger partial charge in [0.15, 0.2) is 0 Å². The first-order chi connectivity index (χ1) is 9.95. The topological polar surface area (TPSA) is 58.6 Å². The molecule has 2 aromatic rings. The van der Waals surface area contributed by atoms with E-state index in [-0.39, 0.29) is 11.7 Å². The van der Waals surface area contributed by atoms with Crippen LogP contribution in [0.15, 0.2) is 48.5 Å². The number of nitrogens with one attached hydrogen (secondary N) is 1. The third-order valence-electron chi connectivity index (χ3n) is 3.47. The van der Waals surface area contributed by atoms with Gasteiger partial charge in [-0.2, -0.15) is 0 Å². The van der Waals surface area contributed by atoms with Gasteiger partial charge in [-0.05, 0) is 44.2 Å². The number of phenols is 1. The molecule has 0 saturated carbocycles. The number of benzene rings is 2. The molecule has 4 heteroatoms. The first kappa shape index (κ1) is 14.9. The highest BCUT2D eigenvalue weighted by atomic mass is 16.5. The fourth-order valence-electron chi connectivity index (χ4n) is 2.12. The van der Waals surface area contributed by atoms with Crippen molar-refractivity contribution < 1.29 is 14.6 Å². The number of aromatic hydroxyl groups is 1. The van der Waals surface area contributed by atoms with E-state index < -0.39 is 5.41 Å². The van der Waals surface area contributed by atoms with E-state index in [0.717, 1.165) is 5.56 Å². The molecular weight excluding hydrogens is 266 g/mol. The number of para-hydroxylation sites is 1. The van der Waals surface area contributed by atoms with E-state index in [1.54, 1.807) is 19.2 Å². The van der Waals surface area contributed by atoms with Crippen LogP contribution in [0.25, 0.3) is 0 Å². The highest BCUT2D eigenvalue weighted by Gasteiger charge is 2.32. The number of carbonyl (C=O) groups is 1.